The van der Waals surface area contributed by atoms with Gasteiger partial charge in [-0.1, -0.05) is 12.5 Å². The van der Waals surface area contributed by atoms with Crippen molar-refractivity contribution < 1.29 is 8.78 Å². The summed E-state index contributed by atoms with van der Waals surface area (Å²) in [6.07, 6.45) is 6.43. The summed E-state index contributed by atoms with van der Waals surface area (Å²) < 4.78 is 26.6. The van der Waals surface area contributed by atoms with Gasteiger partial charge in [0.25, 0.3) is 0 Å². The van der Waals surface area contributed by atoms with Gasteiger partial charge in [-0.25, -0.2) is 8.78 Å². The lowest BCUT2D eigenvalue weighted by atomic mass is 10.1. The summed E-state index contributed by atoms with van der Waals surface area (Å²) in [5.74, 6) is -1.07. The first-order valence-electron chi connectivity index (χ1n) is 7.33. The monoisotopic (exact) mass is 326 g/mol. The Morgan fingerprint density at radius 3 is 2.71 bits per heavy atom. The second-order valence-corrected chi connectivity index (χ2v) is 7.26. The Labute approximate surface area is 132 Å². The lowest BCUT2D eigenvalue weighted by Gasteiger charge is -2.08. The van der Waals surface area contributed by atoms with Crippen LogP contribution in [0.3, 0.4) is 0 Å². The van der Waals surface area contributed by atoms with Crippen LogP contribution in [0.25, 0.3) is 0 Å². The molecule has 0 N–H and O–H groups in total. The van der Waals surface area contributed by atoms with Crippen molar-refractivity contribution in [1.29, 1.82) is 0 Å². The minimum Gasteiger partial charge on any atom is -0.207 e. The molecule has 112 valence electrons. The molecule has 0 radical (unpaired) electrons. The first-order chi connectivity index (χ1) is 10.1. The Balaban J connectivity index is 1.77. The molecule has 1 aliphatic carbocycles. The van der Waals surface area contributed by atoms with E-state index in [4.69, 9.17) is 11.6 Å². The lowest BCUT2D eigenvalue weighted by molar-refractivity contribution is 0.571. The fraction of sp³-hybridized carbons (Fsp3) is 0.412. The van der Waals surface area contributed by atoms with Gasteiger partial charge in [0.15, 0.2) is 0 Å². The molecule has 0 bridgehead atoms. The third-order valence-corrected chi connectivity index (χ3v) is 5.86. The number of rotatable bonds is 3. The molecule has 0 saturated heterocycles. The van der Waals surface area contributed by atoms with Crippen molar-refractivity contribution in [2.45, 2.75) is 43.9 Å². The number of halogens is 3. The van der Waals surface area contributed by atoms with Crippen molar-refractivity contribution in [3.8, 4) is 0 Å². The summed E-state index contributed by atoms with van der Waals surface area (Å²) in [7, 11) is 0. The molecule has 1 aliphatic rings. The van der Waals surface area contributed by atoms with Gasteiger partial charge in [-0.3, -0.25) is 0 Å². The highest BCUT2D eigenvalue weighted by Gasteiger charge is 2.18. The van der Waals surface area contributed by atoms with Crippen molar-refractivity contribution in [3.05, 3.63) is 56.8 Å². The fourth-order valence-electron chi connectivity index (χ4n) is 2.83. The topological polar surface area (TPSA) is 0 Å². The Morgan fingerprint density at radius 1 is 1.10 bits per heavy atom. The Morgan fingerprint density at radius 2 is 1.90 bits per heavy atom. The van der Waals surface area contributed by atoms with Crippen LogP contribution in [0.15, 0.2) is 24.3 Å². The Hall–Kier alpha value is -0.930. The van der Waals surface area contributed by atoms with Gasteiger partial charge in [-0.05, 0) is 55.4 Å². The second kappa shape index (κ2) is 6.45. The number of hydrogen-bond acceptors (Lipinski definition) is 1. The zero-order chi connectivity index (χ0) is 14.8. The van der Waals surface area contributed by atoms with E-state index >= 15 is 0 Å². The standard InChI is InChI=1S/C17H17ClF2S/c18-14(8-11-6-7-13(19)10-15(11)20)17-9-12-4-2-1-3-5-16(12)21-17/h6-7,9-10,14H,1-5,8H2. The Kier molecular flexibility index (Phi) is 4.60. The maximum atomic E-state index is 13.7. The van der Waals surface area contributed by atoms with Crippen molar-refractivity contribution in [1.82, 2.24) is 0 Å². The van der Waals surface area contributed by atoms with Gasteiger partial charge in [0, 0.05) is 15.8 Å². The van der Waals surface area contributed by atoms with Gasteiger partial charge < -0.3 is 0 Å². The summed E-state index contributed by atoms with van der Waals surface area (Å²) >= 11 is 8.22. The molecule has 0 nitrogen and oxygen atoms in total. The van der Waals surface area contributed by atoms with E-state index in [2.05, 4.69) is 6.07 Å². The van der Waals surface area contributed by atoms with Crippen molar-refractivity contribution in [2.24, 2.45) is 0 Å². The molecule has 1 heterocycles. The average Bonchev–Trinajstić information content (AvgIpc) is 2.73. The summed E-state index contributed by atoms with van der Waals surface area (Å²) in [5.41, 5.74) is 1.89. The zero-order valence-corrected chi connectivity index (χ0v) is 13.2. The van der Waals surface area contributed by atoms with Crippen molar-refractivity contribution in [2.75, 3.05) is 0 Å². The Bertz CT molecular complexity index is 612. The van der Waals surface area contributed by atoms with Gasteiger partial charge in [-0.2, -0.15) is 0 Å². The summed E-state index contributed by atoms with van der Waals surface area (Å²) in [6.45, 7) is 0. The fourth-order valence-corrected chi connectivity index (χ4v) is 4.42. The quantitative estimate of drug-likeness (QED) is 0.492. The van der Waals surface area contributed by atoms with Gasteiger partial charge in [0.1, 0.15) is 11.6 Å². The van der Waals surface area contributed by atoms with E-state index < -0.39 is 11.6 Å². The number of thiophene rings is 1. The molecule has 0 aliphatic heterocycles. The molecule has 21 heavy (non-hydrogen) atoms. The summed E-state index contributed by atoms with van der Waals surface area (Å²) in [6, 6.07) is 5.87. The predicted molar refractivity (Wildman–Crippen MR) is 84.2 cm³/mol. The van der Waals surface area contributed by atoms with Crippen LogP contribution in [-0.4, -0.2) is 0 Å². The molecule has 1 unspecified atom stereocenters. The SMILES string of the molecule is Fc1ccc(CC(Cl)c2cc3c(s2)CCCCC3)c(F)c1. The molecule has 0 saturated carbocycles. The molecule has 3 rings (SSSR count). The maximum Gasteiger partial charge on any atom is 0.129 e. The highest BCUT2D eigenvalue weighted by molar-refractivity contribution is 7.12. The van der Waals surface area contributed by atoms with E-state index in [-0.39, 0.29) is 5.38 Å². The molecular formula is C17H17ClF2S. The highest BCUT2D eigenvalue weighted by Crippen LogP contribution is 2.36. The number of hydrogen-bond donors (Lipinski definition) is 0. The van der Waals surface area contributed by atoms with Crippen LogP contribution in [-0.2, 0) is 19.3 Å². The van der Waals surface area contributed by atoms with E-state index in [9.17, 15) is 8.78 Å². The maximum absolute atomic E-state index is 13.7. The zero-order valence-electron chi connectivity index (χ0n) is 11.7. The summed E-state index contributed by atoms with van der Waals surface area (Å²) in [5, 5.41) is -0.248. The molecule has 1 aromatic carbocycles. The van der Waals surface area contributed by atoms with Crippen LogP contribution in [0.5, 0.6) is 0 Å². The van der Waals surface area contributed by atoms with E-state index in [1.165, 1.54) is 41.8 Å². The van der Waals surface area contributed by atoms with Crippen LogP contribution in [0, 0.1) is 11.6 Å². The van der Waals surface area contributed by atoms with Gasteiger partial charge in [0.05, 0.1) is 5.38 Å². The van der Waals surface area contributed by atoms with Gasteiger partial charge >= 0.3 is 0 Å². The van der Waals surface area contributed by atoms with E-state index in [1.54, 1.807) is 11.3 Å². The third kappa shape index (κ3) is 3.46. The molecule has 0 fully saturated rings. The first-order valence-corrected chi connectivity index (χ1v) is 8.58. The molecule has 1 atom stereocenters. The van der Waals surface area contributed by atoms with Crippen molar-refractivity contribution in [3.63, 3.8) is 0 Å². The molecule has 2 aromatic rings. The summed E-state index contributed by atoms with van der Waals surface area (Å²) in [4.78, 5) is 2.54. The largest absolute Gasteiger partial charge is 0.207 e. The van der Waals surface area contributed by atoms with Crippen LogP contribution < -0.4 is 0 Å². The van der Waals surface area contributed by atoms with Gasteiger partial charge in [0.2, 0.25) is 0 Å². The highest BCUT2D eigenvalue weighted by atomic mass is 35.5. The number of alkyl halides is 1. The molecule has 0 spiro atoms. The lowest BCUT2D eigenvalue weighted by Crippen LogP contribution is -1.97. The van der Waals surface area contributed by atoms with E-state index in [1.807, 2.05) is 0 Å². The van der Waals surface area contributed by atoms with E-state index in [0.29, 0.717) is 12.0 Å². The van der Waals surface area contributed by atoms with Crippen LogP contribution in [0.2, 0.25) is 0 Å². The second-order valence-electron chi connectivity index (χ2n) is 5.57. The van der Waals surface area contributed by atoms with E-state index in [0.717, 1.165) is 23.8 Å². The number of benzene rings is 1. The third-order valence-electron chi connectivity index (χ3n) is 3.99. The predicted octanol–water partition coefficient (Wildman–Crippen LogP) is 5.82. The molecule has 0 amide bonds. The molecule has 4 heteroatoms. The molecular weight excluding hydrogens is 310 g/mol. The van der Waals surface area contributed by atoms with Crippen molar-refractivity contribution >= 4 is 22.9 Å². The van der Waals surface area contributed by atoms with Crippen LogP contribution in [0.1, 0.15) is 45.5 Å². The van der Waals surface area contributed by atoms with Crippen LogP contribution in [0.4, 0.5) is 8.78 Å². The number of aryl methyl sites for hydroxylation is 2. The first kappa shape index (κ1) is 15.0. The minimum atomic E-state index is -0.551. The normalized spacial score (nSPS) is 16.3. The van der Waals surface area contributed by atoms with Gasteiger partial charge in [-0.15, -0.1) is 22.9 Å². The molecule has 1 aromatic heterocycles. The smallest absolute Gasteiger partial charge is 0.129 e. The van der Waals surface area contributed by atoms with Crippen LogP contribution >= 0.6 is 22.9 Å². The number of fused-ring (bicyclic) bond motifs is 1. The minimum absolute atomic E-state index is 0.248. The average molecular weight is 327 g/mol.